The van der Waals surface area contributed by atoms with Gasteiger partial charge in [0.15, 0.2) is 0 Å². The number of methoxy groups -OCH3 is 1. The standard InChI is InChI=1S/C13H18BrNO/c1-9(2)11(8-15)6-10-7-12(16-3)4-5-13(10)14/h4-7,9H,8,15H2,1-3H3/b11-6-. The molecule has 3 heteroatoms. The van der Waals surface area contributed by atoms with Crippen molar-refractivity contribution in [2.75, 3.05) is 13.7 Å². The van der Waals surface area contributed by atoms with E-state index in [4.69, 9.17) is 10.5 Å². The van der Waals surface area contributed by atoms with Gasteiger partial charge in [-0.2, -0.15) is 0 Å². The van der Waals surface area contributed by atoms with Crippen LogP contribution in [0.5, 0.6) is 5.75 Å². The van der Waals surface area contributed by atoms with E-state index in [-0.39, 0.29) is 0 Å². The van der Waals surface area contributed by atoms with Crippen molar-refractivity contribution in [3.05, 3.63) is 33.8 Å². The van der Waals surface area contributed by atoms with Gasteiger partial charge in [0.2, 0.25) is 0 Å². The first-order chi connectivity index (χ1) is 7.58. The summed E-state index contributed by atoms with van der Waals surface area (Å²) in [7, 11) is 1.67. The Morgan fingerprint density at radius 3 is 2.69 bits per heavy atom. The van der Waals surface area contributed by atoms with Crippen LogP contribution in [0.25, 0.3) is 6.08 Å². The molecule has 0 spiro atoms. The normalized spacial score (nSPS) is 12.0. The summed E-state index contributed by atoms with van der Waals surface area (Å²) >= 11 is 3.53. The maximum absolute atomic E-state index is 5.73. The first-order valence-electron chi connectivity index (χ1n) is 5.32. The molecule has 2 nitrogen and oxygen atoms in total. The summed E-state index contributed by atoms with van der Waals surface area (Å²) in [5, 5.41) is 0. The van der Waals surface area contributed by atoms with E-state index in [0.717, 1.165) is 15.8 Å². The van der Waals surface area contributed by atoms with E-state index in [1.807, 2.05) is 18.2 Å². The Balaban J connectivity index is 3.11. The molecule has 1 aromatic rings. The molecule has 88 valence electrons. The Bertz CT molecular complexity index is 386. The van der Waals surface area contributed by atoms with Crippen LogP contribution in [0.15, 0.2) is 28.2 Å². The monoisotopic (exact) mass is 283 g/mol. The highest BCUT2D eigenvalue weighted by molar-refractivity contribution is 9.10. The Kier molecular flexibility index (Phi) is 5.03. The van der Waals surface area contributed by atoms with Gasteiger partial charge >= 0.3 is 0 Å². The topological polar surface area (TPSA) is 35.2 Å². The molecule has 0 saturated carbocycles. The smallest absolute Gasteiger partial charge is 0.119 e. The first-order valence-corrected chi connectivity index (χ1v) is 6.11. The predicted octanol–water partition coefficient (Wildman–Crippen LogP) is 3.46. The summed E-state index contributed by atoms with van der Waals surface area (Å²) in [5.74, 6) is 1.32. The van der Waals surface area contributed by atoms with Gasteiger partial charge in [0.05, 0.1) is 7.11 Å². The Morgan fingerprint density at radius 1 is 1.50 bits per heavy atom. The minimum Gasteiger partial charge on any atom is -0.497 e. The van der Waals surface area contributed by atoms with Crippen LogP contribution in [-0.4, -0.2) is 13.7 Å². The number of ether oxygens (including phenoxy) is 1. The van der Waals surface area contributed by atoms with E-state index >= 15 is 0 Å². The van der Waals surface area contributed by atoms with Gasteiger partial charge in [0.1, 0.15) is 5.75 Å². The molecule has 0 aliphatic heterocycles. The number of hydrogen-bond acceptors (Lipinski definition) is 2. The quantitative estimate of drug-likeness (QED) is 0.919. The first kappa shape index (κ1) is 13.3. The highest BCUT2D eigenvalue weighted by atomic mass is 79.9. The molecule has 16 heavy (non-hydrogen) atoms. The third-order valence-corrected chi connectivity index (χ3v) is 3.24. The average Bonchev–Trinajstić information content (AvgIpc) is 2.27. The fraction of sp³-hybridized carbons (Fsp3) is 0.385. The number of hydrogen-bond donors (Lipinski definition) is 1. The van der Waals surface area contributed by atoms with Crippen LogP contribution in [0.3, 0.4) is 0 Å². The third-order valence-electron chi connectivity index (χ3n) is 2.52. The molecule has 0 heterocycles. The van der Waals surface area contributed by atoms with Gasteiger partial charge in [0, 0.05) is 11.0 Å². The molecule has 1 aromatic carbocycles. The van der Waals surface area contributed by atoms with E-state index in [2.05, 4.69) is 35.9 Å². The van der Waals surface area contributed by atoms with Crippen LogP contribution >= 0.6 is 15.9 Å². The van der Waals surface area contributed by atoms with Crippen molar-refractivity contribution in [2.24, 2.45) is 11.7 Å². The van der Waals surface area contributed by atoms with Crippen molar-refractivity contribution in [3.63, 3.8) is 0 Å². The molecule has 0 aliphatic carbocycles. The van der Waals surface area contributed by atoms with Crippen LogP contribution in [0.2, 0.25) is 0 Å². The largest absolute Gasteiger partial charge is 0.497 e. The molecule has 0 aliphatic rings. The number of halogens is 1. The lowest BCUT2D eigenvalue weighted by atomic mass is 10.0. The van der Waals surface area contributed by atoms with Crippen molar-refractivity contribution in [3.8, 4) is 5.75 Å². The second-order valence-electron chi connectivity index (χ2n) is 3.97. The minimum absolute atomic E-state index is 0.461. The molecule has 0 unspecified atom stereocenters. The fourth-order valence-electron chi connectivity index (χ4n) is 1.42. The maximum atomic E-state index is 5.73. The highest BCUT2D eigenvalue weighted by Crippen LogP contribution is 2.25. The lowest BCUT2D eigenvalue weighted by Gasteiger charge is -2.10. The molecule has 1 rings (SSSR count). The molecule has 0 amide bonds. The van der Waals surface area contributed by atoms with Crippen LogP contribution in [0, 0.1) is 5.92 Å². The summed E-state index contributed by atoms with van der Waals surface area (Å²) in [4.78, 5) is 0. The zero-order chi connectivity index (χ0) is 12.1. The second kappa shape index (κ2) is 6.06. The predicted molar refractivity (Wildman–Crippen MR) is 72.6 cm³/mol. The van der Waals surface area contributed by atoms with Crippen LogP contribution in [0.1, 0.15) is 19.4 Å². The second-order valence-corrected chi connectivity index (χ2v) is 4.82. The molecule has 0 atom stereocenters. The molecule has 2 N–H and O–H groups in total. The summed E-state index contributed by atoms with van der Waals surface area (Å²) in [5.41, 5.74) is 8.06. The number of rotatable bonds is 4. The van der Waals surface area contributed by atoms with Crippen LogP contribution in [-0.2, 0) is 0 Å². The zero-order valence-corrected chi connectivity index (χ0v) is 11.5. The SMILES string of the molecule is COc1ccc(Br)c(/C=C(/CN)C(C)C)c1. The van der Waals surface area contributed by atoms with Gasteiger partial charge < -0.3 is 10.5 Å². The molecule has 0 fully saturated rings. The van der Waals surface area contributed by atoms with E-state index in [1.165, 1.54) is 5.57 Å². The lowest BCUT2D eigenvalue weighted by Crippen LogP contribution is -2.08. The Morgan fingerprint density at radius 2 is 2.19 bits per heavy atom. The van der Waals surface area contributed by atoms with Crippen molar-refractivity contribution in [1.29, 1.82) is 0 Å². The van der Waals surface area contributed by atoms with E-state index in [1.54, 1.807) is 7.11 Å². The van der Waals surface area contributed by atoms with Crippen LogP contribution < -0.4 is 10.5 Å². The number of nitrogens with two attached hydrogens (primary N) is 1. The van der Waals surface area contributed by atoms with Gasteiger partial charge in [-0.15, -0.1) is 0 Å². The Hall–Kier alpha value is -0.800. The summed E-state index contributed by atoms with van der Waals surface area (Å²) in [6.45, 7) is 4.88. The molecule has 0 radical (unpaired) electrons. The summed E-state index contributed by atoms with van der Waals surface area (Å²) in [6.07, 6.45) is 2.12. The minimum atomic E-state index is 0.461. The van der Waals surface area contributed by atoms with Gasteiger partial charge in [-0.05, 0) is 29.7 Å². The lowest BCUT2D eigenvalue weighted by molar-refractivity contribution is 0.414. The molecule has 0 aromatic heterocycles. The van der Waals surface area contributed by atoms with E-state index in [0.29, 0.717) is 12.5 Å². The average molecular weight is 284 g/mol. The fourth-order valence-corrected chi connectivity index (χ4v) is 1.78. The summed E-state index contributed by atoms with van der Waals surface area (Å²) < 4.78 is 6.26. The van der Waals surface area contributed by atoms with Crippen molar-refractivity contribution in [1.82, 2.24) is 0 Å². The molecular weight excluding hydrogens is 266 g/mol. The Labute approximate surface area is 106 Å². The summed E-state index contributed by atoms with van der Waals surface area (Å²) in [6, 6.07) is 5.92. The highest BCUT2D eigenvalue weighted by Gasteiger charge is 2.04. The van der Waals surface area contributed by atoms with Gasteiger partial charge in [-0.1, -0.05) is 41.4 Å². The maximum Gasteiger partial charge on any atom is 0.119 e. The van der Waals surface area contributed by atoms with Crippen molar-refractivity contribution >= 4 is 22.0 Å². The third kappa shape index (κ3) is 3.35. The molecular formula is C13H18BrNO. The number of benzene rings is 1. The van der Waals surface area contributed by atoms with Gasteiger partial charge in [0.25, 0.3) is 0 Å². The zero-order valence-electron chi connectivity index (χ0n) is 9.96. The van der Waals surface area contributed by atoms with Gasteiger partial charge in [-0.3, -0.25) is 0 Å². The molecule has 0 saturated heterocycles. The van der Waals surface area contributed by atoms with E-state index < -0.39 is 0 Å². The van der Waals surface area contributed by atoms with Crippen LogP contribution in [0.4, 0.5) is 0 Å². The van der Waals surface area contributed by atoms with Gasteiger partial charge in [-0.25, -0.2) is 0 Å². The van der Waals surface area contributed by atoms with E-state index in [9.17, 15) is 0 Å². The van der Waals surface area contributed by atoms with Crippen molar-refractivity contribution in [2.45, 2.75) is 13.8 Å². The van der Waals surface area contributed by atoms with Crippen molar-refractivity contribution < 1.29 is 4.74 Å². The molecule has 0 bridgehead atoms.